The average molecular weight is 1790 g/mol. The fourth-order valence-electron chi connectivity index (χ4n) is 16.3. The number of methoxy groups -OCH3 is 2. The summed E-state index contributed by atoms with van der Waals surface area (Å²) in [6, 6.07) is 25.7. The van der Waals surface area contributed by atoms with Crippen molar-refractivity contribution in [2.24, 2.45) is 16.2 Å². The number of hydrogen-bond acceptors (Lipinski definition) is 10. The van der Waals surface area contributed by atoms with Crippen molar-refractivity contribution in [1.29, 1.82) is 0 Å². The molecule has 0 unspecified atom stereocenters. The Balaban J connectivity index is 0.000000318. The van der Waals surface area contributed by atoms with Crippen LogP contribution in [-0.4, -0.2) is 96.8 Å². The number of ether oxygens (including phenoxy) is 8. The number of hydrogen-bond donors (Lipinski definition) is 0. The Morgan fingerprint density at radius 1 is 0.353 bits per heavy atom. The first-order chi connectivity index (χ1) is 52.9. The molecule has 642 valence electrons. The predicted octanol–water partition coefficient (Wildman–Crippen LogP) is 25.8. The number of halogens is 6. The molecule has 116 heavy (non-hydrogen) atoms. The van der Waals surface area contributed by atoms with Crippen LogP contribution in [0.25, 0.3) is 22.3 Å². The third-order valence-electron chi connectivity index (χ3n) is 21.5. The Morgan fingerprint density at radius 2 is 0.638 bits per heavy atom. The standard InChI is InChI=1S/C54H80F2O4Si2.C25H45BO4Si.C17H16Br2F2O2/c1-35-24-40(55)30-44(42-26-38(53(10,11)32-51(4,5)6)28-46(37(42)3)61(15,16)17)48(35)58-22-21-23-59-49-36(2)25-41(56)31-45(49)43-27-39(54(12,13)33-52(7,8)9)29-47(62(18,19)20)50(43)60-34-57-14;1-22(2,3)16-23(4,5)18-14-19(26-29-24(6,7)25(8,9)30-26)21(28-17-27-10)20(15-18)31(11,12)13;1-10-6-12(20)8-14(18)16(10)22-4-3-5-23-17-11(2)7-13(21)9-15(17)19/h24-31H,21-23,32-34H2,1-20H3;14-15H,16-17H2,1-13H3;6-9H,3-5H2,1-2H3. The van der Waals surface area contributed by atoms with E-state index < -0.39 is 42.5 Å². The molecule has 1 saturated heterocycles. The van der Waals surface area contributed by atoms with Gasteiger partial charge in [-0.2, -0.15) is 0 Å². The van der Waals surface area contributed by atoms with Crippen molar-refractivity contribution >= 4 is 84.2 Å². The van der Waals surface area contributed by atoms with Gasteiger partial charge in [-0.25, -0.2) is 17.6 Å². The molecule has 1 aliphatic rings. The van der Waals surface area contributed by atoms with Gasteiger partial charge in [0.1, 0.15) is 57.8 Å². The fraction of sp³-hybridized carbons (Fsp3) is 0.562. The Labute approximate surface area is 717 Å². The van der Waals surface area contributed by atoms with Gasteiger partial charge in [-0.1, -0.05) is 198 Å². The molecule has 0 saturated carbocycles. The summed E-state index contributed by atoms with van der Waals surface area (Å²) in [5, 5.41) is 3.83. The zero-order valence-electron chi connectivity index (χ0n) is 77.3. The summed E-state index contributed by atoms with van der Waals surface area (Å²) in [4.78, 5) is 0. The lowest BCUT2D eigenvalue weighted by Gasteiger charge is -2.35. The minimum Gasteiger partial charge on any atom is -0.493 e. The van der Waals surface area contributed by atoms with Crippen molar-refractivity contribution < 1.29 is 64.8 Å². The number of rotatable bonds is 30. The molecule has 0 amide bonds. The van der Waals surface area contributed by atoms with Gasteiger partial charge in [-0.05, 0) is 261 Å². The molecule has 0 aliphatic carbocycles. The first-order valence-corrected chi connectivity index (χ1v) is 53.2. The van der Waals surface area contributed by atoms with Gasteiger partial charge in [-0.3, -0.25) is 0 Å². The van der Waals surface area contributed by atoms with Crippen LogP contribution < -0.4 is 49.4 Å². The van der Waals surface area contributed by atoms with Crippen LogP contribution in [0.5, 0.6) is 34.5 Å². The Kier molecular flexibility index (Phi) is 33.2. The lowest BCUT2D eigenvalue weighted by molar-refractivity contribution is 0.00578. The Hall–Kier alpha value is -5.42. The third-order valence-corrected chi connectivity index (χ3v) is 28.7. The largest absolute Gasteiger partial charge is 0.498 e. The SMILES string of the molecule is COCOc1c(-c2cc(F)cc(C)c2OCCCOc2c(C)cc(F)cc2-c2cc(C(C)(C)CC(C)(C)C)cc([Si](C)(C)C)c2C)cc(C(C)(C)CC(C)(C)C)cc1[Si](C)(C)C.COCOc1c(B2OC(C)(C)C(C)(C)O2)cc(C(C)(C)CC(C)(C)C)cc1[Si](C)(C)C.Cc1cc(F)cc(Br)c1OCCCOc1c(C)cc(F)cc1Br. The van der Waals surface area contributed by atoms with Crippen LogP contribution in [0.3, 0.4) is 0 Å². The number of aryl methyl sites for hydroxylation is 4. The van der Waals surface area contributed by atoms with Gasteiger partial charge in [0.2, 0.25) is 0 Å². The summed E-state index contributed by atoms with van der Waals surface area (Å²) in [5.74, 6) is 2.93. The highest BCUT2D eigenvalue weighted by Gasteiger charge is 2.53. The molecule has 7 aromatic carbocycles. The Bertz CT molecular complexity index is 4410. The van der Waals surface area contributed by atoms with Gasteiger partial charge in [0.05, 0.1) is 70.8 Å². The van der Waals surface area contributed by atoms with Crippen LogP contribution >= 0.6 is 31.9 Å². The first kappa shape index (κ1) is 99.4. The summed E-state index contributed by atoms with van der Waals surface area (Å²) in [6.07, 6.45) is 4.24. The molecule has 0 atom stereocenters. The van der Waals surface area contributed by atoms with E-state index in [0.717, 1.165) is 74.8 Å². The highest BCUT2D eigenvalue weighted by atomic mass is 79.9. The maximum absolute atomic E-state index is 15.6. The second-order valence-electron chi connectivity index (χ2n) is 41.7. The smallest absolute Gasteiger partial charge is 0.493 e. The highest BCUT2D eigenvalue weighted by molar-refractivity contribution is 9.11. The lowest BCUT2D eigenvalue weighted by atomic mass is 9.69. The summed E-state index contributed by atoms with van der Waals surface area (Å²) < 4.78 is 120. The quantitative estimate of drug-likeness (QED) is 0.0188. The fourth-order valence-corrected chi connectivity index (χ4v) is 22.4. The molecule has 0 radical (unpaired) electrons. The topological polar surface area (TPSA) is 92.3 Å². The normalized spacial score (nSPS) is 14.2. The van der Waals surface area contributed by atoms with E-state index in [1.807, 2.05) is 13.8 Å². The third kappa shape index (κ3) is 27.0. The molecule has 7 aromatic rings. The van der Waals surface area contributed by atoms with E-state index in [2.05, 4.69) is 266 Å². The monoisotopic (exact) mass is 1780 g/mol. The molecule has 1 fully saturated rings. The molecule has 0 N–H and O–H groups in total. The van der Waals surface area contributed by atoms with E-state index in [1.54, 1.807) is 46.3 Å². The molecule has 1 heterocycles. The van der Waals surface area contributed by atoms with E-state index in [4.69, 9.17) is 47.2 Å². The van der Waals surface area contributed by atoms with Gasteiger partial charge in [0.25, 0.3) is 0 Å². The van der Waals surface area contributed by atoms with Crippen molar-refractivity contribution in [3.05, 3.63) is 162 Å². The number of benzene rings is 7. The lowest BCUT2D eigenvalue weighted by Crippen LogP contribution is -2.46. The van der Waals surface area contributed by atoms with Crippen LogP contribution in [0.2, 0.25) is 58.9 Å². The van der Waals surface area contributed by atoms with Gasteiger partial charge in [0, 0.05) is 49.2 Å². The second kappa shape index (κ2) is 38.8. The molecule has 1 aliphatic heterocycles. The van der Waals surface area contributed by atoms with Crippen molar-refractivity contribution in [2.75, 3.05) is 54.2 Å². The molecule has 0 spiro atoms. The predicted molar refractivity (Wildman–Crippen MR) is 494 cm³/mol. The maximum Gasteiger partial charge on any atom is 0.498 e. The van der Waals surface area contributed by atoms with Crippen molar-refractivity contribution in [1.82, 2.24) is 0 Å². The minimum absolute atomic E-state index is 0.00479. The molecule has 10 nitrogen and oxygen atoms in total. The van der Waals surface area contributed by atoms with E-state index in [0.29, 0.717) is 82.3 Å². The van der Waals surface area contributed by atoms with Crippen LogP contribution in [0.15, 0.2) is 93.9 Å². The molecule has 0 aromatic heterocycles. The van der Waals surface area contributed by atoms with E-state index in [1.165, 1.54) is 63.0 Å². The molecule has 0 bridgehead atoms. The van der Waals surface area contributed by atoms with Gasteiger partial charge in [-0.15, -0.1) is 0 Å². The van der Waals surface area contributed by atoms with Crippen molar-refractivity contribution in [3.63, 3.8) is 0 Å². The molecule has 20 heteroatoms. The summed E-state index contributed by atoms with van der Waals surface area (Å²) in [5.41, 5.74) is 11.5. The summed E-state index contributed by atoms with van der Waals surface area (Å²) >= 11 is 6.58. The van der Waals surface area contributed by atoms with Gasteiger partial charge < -0.3 is 47.2 Å². The van der Waals surface area contributed by atoms with E-state index in [-0.39, 0.29) is 69.3 Å². The molecular weight excluding hydrogens is 1640 g/mol. The highest BCUT2D eigenvalue weighted by Crippen LogP contribution is 2.47. The van der Waals surface area contributed by atoms with E-state index in [9.17, 15) is 8.78 Å². The molecule has 8 rings (SSSR count). The van der Waals surface area contributed by atoms with Crippen LogP contribution in [-0.2, 0) is 35.0 Å². The van der Waals surface area contributed by atoms with E-state index >= 15 is 8.78 Å². The first-order valence-electron chi connectivity index (χ1n) is 41.1. The zero-order valence-corrected chi connectivity index (χ0v) is 83.5. The second-order valence-corrected chi connectivity index (χ2v) is 58.5. The van der Waals surface area contributed by atoms with Crippen LogP contribution in [0, 0.1) is 74.1 Å². The van der Waals surface area contributed by atoms with Crippen LogP contribution in [0.1, 0.15) is 208 Å². The van der Waals surface area contributed by atoms with Crippen molar-refractivity contribution in [2.45, 2.75) is 285 Å². The zero-order chi connectivity index (χ0) is 88.0. The van der Waals surface area contributed by atoms with Crippen LogP contribution in [0.4, 0.5) is 17.6 Å². The molecular formula is C96H141BBr2F4O10Si3. The minimum atomic E-state index is -2.00. The summed E-state index contributed by atoms with van der Waals surface area (Å²) in [7, 11) is -2.74. The van der Waals surface area contributed by atoms with Gasteiger partial charge >= 0.3 is 7.12 Å². The summed E-state index contributed by atoms with van der Waals surface area (Å²) in [6.45, 7) is 75.4. The maximum atomic E-state index is 15.6. The average Bonchev–Trinajstić information content (AvgIpc) is 1.35. The van der Waals surface area contributed by atoms with Gasteiger partial charge in [0.15, 0.2) is 13.6 Å². The Morgan fingerprint density at radius 3 is 0.974 bits per heavy atom. The van der Waals surface area contributed by atoms with Crippen molar-refractivity contribution in [3.8, 4) is 56.8 Å².